The molecule has 0 heterocycles. The Labute approximate surface area is 113 Å². The molecule has 0 saturated carbocycles. The fraction of sp³-hybridized carbons (Fsp3) is 0.250. The maximum Gasteiger partial charge on any atom is 0.338 e. The fourth-order valence-corrected chi connectivity index (χ4v) is 1.32. The van der Waals surface area contributed by atoms with Crippen molar-refractivity contribution in [1.29, 1.82) is 0 Å². The highest BCUT2D eigenvalue weighted by atomic mass is 19.1. The summed E-state index contributed by atoms with van der Waals surface area (Å²) < 4.78 is 17.7. The largest absolute Gasteiger partial charge is 0.478 e. The Kier molecular flexibility index (Phi) is 5.45. The molecule has 3 N–H and O–H groups in total. The third kappa shape index (κ3) is 4.56. The first-order valence-electron chi connectivity index (χ1n) is 5.58. The Bertz CT molecular complexity index is 533. The number of rotatable bonds is 5. The number of urea groups is 1. The molecule has 0 atom stereocenters. The third-order valence-corrected chi connectivity index (χ3v) is 2.30. The number of nitrogens with one attached hydrogen (secondary N) is 2. The number of hydrogen-bond donors (Lipinski definition) is 3. The van der Waals surface area contributed by atoms with Gasteiger partial charge in [0, 0.05) is 12.2 Å². The van der Waals surface area contributed by atoms with E-state index in [0.29, 0.717) is 0 Å². The number of esters is 1. The highest BCUT2D eigenvalue weighted by molar-refractivity contribution is 5.91. The van der Waals surface area contributed by atoms with Gasteiger partial charge in [0.1, 0.15) is 5.82 Å². The summed E-state index contributed by atoms with van der Waals surface area (Å²) in [5, 5.41) is 13.3. The van der Waals surface area contributed by atoms with Crippen LogP contribution in [0, 0.1) is 5.82 Å². The van der Waals surface area contributed by atoms with Crippen LogP contribution in [0.1, 0.15) is 16.8 Å². The van der Waals surface area contributed by atoms with Gasteiger partial charge in [0.05, 0.1) is 19.1 Å². The molecule has 20 heavy (non-hydrogen) atoms. The van der Waals surface area contributed by atoms with E-state index in [1.165, 1.54) is 13.2 Å². The zero-order chi connectivity index (χ0) is 15.1. The van der Waals surface area contributed by atoms with Crippen LogP contribution in [0.25, 0.3) is 0 Å². The SMILES string of the molecule is COC(=O)CCNC(=O)Nc1ccc(C(=O)O)c(F)c1. The van der Waals surface area contributed by atoms with Crippen molar-refractivity contribution in [2.45, 2.75) is 6.42 Å². The molecule has 0 aliphatic rings. The summed E-state index contributed by atoms with van der Waals surface area (Å²) in [6.45, 7) is 0.0637. The number of methoxy groups -OCH3 is 1. The van der Waals surface area contributed by atoms with E-state index < -0.39 is 29.4 Å². The molecular weight excluding hydrogens is 271 g/mol. The summed E-state index contributed by atoms with van der Waals surface area (Å²) in [6, 6.07) is 2.55. The summed E-state index contributed by atoms with van der Waals surface area (Å²) in [7, 11) is 1.23. The van der Waals surface area contributed by atoms with Gasteiger partial charge in [0.15, 0.2) is 0 Å². The predicted octanol–water partition coefficient (Wildman–Crippen LogP) is 1.21. The summed E-state index contributed by atoms with van der Waals surface area (Å²) in [6.07, 6.45) is 0.0102. The highest BCUT2D eigenvalue weighted by Gasteiger charge is 2.11. The number of carbonyl (C=O) groups excluding carboxylic acids is 2. The monoisotopic (exact) mass is 284 g/mol. The minimum Gasteiger partial charge on any atom is -0.478 e. The third-order valence-electron chi connectivity index (χ3n) is 2.30. The molecule has 0 aliphatic heterocycles. The molecule has 108 valence electrons. The second kappa shape index (κ2) is 7.07. The minimum atomic E-state index is -1.39. The van der Waals surface area contributed by atoms with Gasteiger partial charge in [-0.05, 0) is 18.2 Å². The summed E-state index contributed by atoms with van der Waals surface area (Å²) >= 11 is 0. The maximum absolute atomic E-state index is 13.3. The first-order valence-corrected chi connectivity index (χ1v) is 5.58. The molecule has 2 amide bonds. The zero-order valence-corrected chi connectivity index (χ0v) is 10.6. The van der Waals surface area contributed by atoms with Crippen LogP contribution in [0.5, 0.6) is 0 Å². The Morgan fingerprint density at radius 1 is 1.35 bits per heavy atom. The molecule has 0 fully saturated rings. The number of benzene rings is 1. The Morgan fingerprint density at radius 3 is 2.60 bits per heavy atom. The van der Waals surface area contributed by atoms with Crippen LogP contribution in [-0.2, 0) is 9.53 Å². The second-order valence-corrected chi connectivity index (χ2v) is 3.71. The molecule has 0 bridgehead atoms. The van der Waals surface area contributed by atoms with Gasteiger partial charge in [-0.3, -0.25) is 4.79 Å². The number of carboxylic acids is 1. The summed E-state index contributed by atoms with van der Waals surface area (Å²) in [5.74, 6) is -2.82. The number of halogens is 1. The topological polar surface area (TPSA) is 105 Å². The van der Waals surface area contributed by atoms with Crippen LogP contribution >= 0.6 is 0 Å². The van der Waals surface area contributed by atoms with Crippen molar-refractivity contribution in [1.82, 2.24) is 5.32 Å². The number of hydrogen-bond acceptors (Lipinski definition) is 4. The van der Waals surface area contributed by atoms with Gasteiger partial charge in [-0.15, -0.1) is 0 Å². The number of anilines is 1. The van der Waals surface area contributed by atoms with Crippen molar-refractivity contribution >= 4 is 23.7 Å². The van der Waals surface area contributed by atoms with Crippen molar-refractivity contribution in [2.75, 3.05) is 19.0 Å². The van der Waals surface area contributed by atoms with E-state index in [9.17, 15) is 18.8 Å². The normalized spacial score (nSPS) is 9.70. The Morgan fingerprint density at radius 2 is 2.05 bits per heavy atom. The van der Waals surface area contributed by atoms with E-state index in [4.69, 9.17) is 5.11 Å². The molecule has 0 radical (unpaired) electrons. The van der Waals surface area contributed by atoms with E-state index in [2.05, 4.69) is 15.4 Å². The number of carboxylic acid groups (broad SMARTS) is 1. The summed E-state index contributed by atoms with van der Waals surface area (Å²) in [5.41, 5.74) is -0.385. The van der Waals surface area contributed by atoms with Crippen LogP contribution in [0.2, 0.25) is 0 Å². The number of amides is 2. The number of aromatic carboxylic acids is 1. The van der Waals surface area contributed by atoms with Crippen molar-refractivity contribution in [3.63, 3.8) is 0 Å². The lowest BCUT2D eigenvalue weighted by Crippen LogP contribution is -2.30. The van der Waals surface area contributed by atoms with Crippen molar-refractivity contribution < 1.29 is 28.6 Å². The lowest BCUT2D eigenvalue weighted by Gasteiger charge is -2.07. The number of ether oxygens (including phenoxy) is 1. The zero-order valence-electron chi connectivity index (χ0n) is 10.6. The molecule has 0 unspecified atom stereocenters. The molecule has 1 rings (SSSR count). The molecule has 0 spiro atoms. The van der Waals surface area contributed by atoms with Crippen molar-refractivity contribution in [3.8, 4) is 0 Å². The Balaban J connectivity index is 2.52. The average molecular weight is 284 g/mol. The molecule has 1 aromatic rings. The van der Waals surface area contributed by atoms with E-state index in [1.807, 2.05) is 0 Å². The Hall–Kier alpha value is -2.64. The van der Waals surface area contributed by atoms with Gasteiger partial charge >= 0.3 is 18.0 Å². The van der Waals surface area contributed by atoms with Crippen LogP contribution in [0.3, 0.4) is 0 Å². The quantitative estimate of drug-likeness (QED) is 0.705. The van der Waals surface area contributed by atoms with Crippen molar-refractivity contribution in [3.05, 3.63) is 29.6 Å². The van der Waals surface area contributed by atoms with Gasteiger partial charge < -0.3 is 20.5 Å². The molecule has 7 nitrogen and oxygen atoms in total. The van der Waals surface area contributed by atoms with E-state index in [0.717, 1.165) is 12.1 Å². The molecule has 1 aromatic carbocycles. The lowest BCUT2D eigenvalue weighted by atomic mass is 10.2. The lowest BCUT2D eigenvalue weighted by molar-refractivity contribution is -0.140. The molecular formula is C12H13FN2O5. The van der Waals surface area contributed by atoms with Crippen LogP contribution in [0.4, 0.5) is 14.9 Å². The smallest absolute Gasteiger partial charge is 0.338 e. The van der Waals surface area contributed by atoms with E-state index >= 15 is 0 Å². The van der Waals surface area contributed by atoms with E-state index in [1.54, 1.807) is 0 Å². The minimum absolute atomic E-state index is 0.0102. The van der Waals surface area contributed by atoms with Gasteiger partial charge in [-0.25, -0.2) is 14.0 Å². The predicted molar refractivity (Wildman–Crippen MR) is 67.0 cm³/mol. The summed E-state index contributed by atoms with van der Waals surface area (Å²) in [4.78, 5) is 32.8. The van der Waals surface area contributed by atoms with Gasteiger partial charge in [-0.1, -0.05) is 0 Å². The standard InChI is InChI=1S/C12H13FN2O5/c1-20-10(16)4-5-14-12(19)15-7-2-3-8(11(17)18)9(13)6-7/h2-3,6H,4-5H2,1H3,(H,17,18)(H2,14,15,19). The van der Waals surface area contributed by atoms with Crippen LogP contribution in [-0.4, -0.2) is 36.7 Å². The van der Waals surface area contributed by atoms with Gasteiger partial charge in [-0.2, -0.15) is 0 Å². The van der Waals surface area contributed by atoms with Gasteiger partial charge in [0.25, 0.3) is 0 Å². The molecule has 0 aromatic heterocycles. The first-order chi connectivity index (χ1) is 9.43. The van der Waals surface area contributed by atoms with E-state index in [-0.39, 0.29) is 18.7 Å². The second-order valence-electron chi connectivity index (χ2n) is 3.71. The molecule has 0 aliphatic carbocycles. The maximum atomic E-state index is 13.3. The van der Waals surface area contributed by atoms with Crippen molar-refractivity contribution in [2.24, 2.45) is 0 Å². The average Bonchev–Trinajstić information content (AvgIpc) is 2.38. The highest BCUT2D eigenvalue weighted by Crippen LogP contribution is 2.14. The first kappa shape index (κ1) is 15.4. The fourth-order valence-electron chi connectivity index (χ4n) is 1.32. The van der Waals surface area contributed by atoms with Gasteiger partial charge in [0.2, 0.25) is 0 Å². The molecule has 8 heteroatoms. The van der Waals surface area contributed by atoms with Crippen LogP contribution in [0.15, 0.2) is 18.2 Å². The number of carbonyl (C=O) groups is 3. The van der Waals surface area contributed by atoms with Crippen LogP contribution < -0.4 is 10.6 Å². The molecule has 0 saturated heterocycles.